The molecule has 5 rings (SSSR count). The van der Waals surface area contributed by atoms with Crippen LogP contribution in [0, 0.1) is 6.57 Å². The molecule has 0 amide bonds. The molecule has 1 N–H and O–H groups in total. The summed E-state index contributed by atoms with van der Waals surface area (Å²) in [6, 6.07) is 11.5. The third-order valence-corrected chi connectivity index (χ3v) is 4.90. The number of azo groups is 1. The topological polar surface area (TPSA) is 119 Å². The molecular weight excluding hydrogens is 418 g/mol. The van der Waals surface area contributed by atoms with E-state index in [-0.39, 0.29) is 16.9 Å². The van der Waals surface area contributed by atoms with Crippen molar-refractivity contribution in [3.8, 4) is 17.3 Å². The van der Waals surface area contributed by atoms with Crippen LogP contribution in [0.25, 0.3) is 27.8 Å². The Labute approximate surface area is 188 Å². The summed E-state index contributed by atoms with van der Waals surface area (Å²) in [4.78, 5) is 11.9. The van der Waals surface area contributed by atoms with E-state index in [1.165, 1.54) is 10.9 Å². The maximum atomic E-state index is 7.48. The molecule has 4 aromatic heterocycles. The smallest absolute Gasteiger partial charge is 0.252 e. The molecule has 0 spiro atoms. The summed E-state index contributed by atoms with van der Waals surface area (Å²) >= 11 is 0. The van der Waals surface area contributed by atoms with Crippen molar-refractivity contribution in [3.63, 3.8) is 0 Å². The van der Waals surface area contributed by atoms with E-state index in [0.29, 0.717) is 23.1 Å². The third-order valence-electron chi connectivity index (χ3n) is 4.90. The van der Waals surface area contributed by atoms with Gasteiger partial charge in [-0.2, -0.15) is 24.5 Å². The highest BCUT2D eigenvalue weighted by atomic mass is 15.4. The second kappa shape index (κ2) is 7.76. The summed E-state index contributed by atoms with van der Waals surface area (Å²) in [5.74, 6) is 1.20. The Morgan fingerprint density at radius 2 is 1.79 bits per heavy atom. The van der Waals surface area contributed by atoms with Crippen LogP contribution in [0.3, 0.4) is 0 Å². The van der Waals surface area contributed by atoms with Crippen LogP contribution in [0.4, 0.5) is 17.2 Å². The van der Waals surface area contributed by atoms with E-state index in [0.717, 1.165) is 11.3 Å². The van der Waals surface area contributed by atoms with E-state index < -0.39 is 0 Å². The lowest BCUT2D eigenvalue weighted by Gasteiger charge is -2.15. The van der Waals surface area contributed by atoms with Crippen molar-refractivity contribution in [2.45, 2.75) is 26.2 Å². The van der Waals surface area contributed by atoms with Gasteiger partial charge in [0.2, 0.25) is 0 Å². The first-order chi connectivity index (χ1) is 16.0. The Morgan fingerprint density at radius 3 is 2.48 bits per heavy atom. The van der Waals surface area contributed by atoms with E-state index in [1.807, 2.05) is 30.3 Å². The largest absolute Gasteiger partial charge is 0.257 e. The predicted octanol–water partition coefficient (Wildman–Crippen LogP) is 4.96. The van der Waals surface area contributed by atoms with E-state index >= 15 is 0 Å². The Hall–Kier alpha value is -4.72. The minimum atomic E-state index is -0.319. The molecule has 11 nitrogen and oxygen atoms in total. The lowest BCUT2D eigenvalue weighted by Crippen LogP contribution is -2.12. The fourth-order valence-corrected chi connectivity index (χ4v) is 3.34. The molecule has 0 unspecified atom stereocenters. The minimum Gasteiger partial charge on any atom is -0.257 e. The maximum Gasteiger partial charge on any atom is 0.252 e. The number of aromatic amines is 1. The number of aromatic nitrogens is 8. The Kier molecular flexibility index (Phi) is 4.75. The average molecular weight is 437 g/mol. The molecule has 33 heavy (non-hydrogen) atoms. The molecular formula is C22H19N11. The zero-order valence-corrected chi connectivity index (χ0v) is 18.2. The maximum absolute atomic E-state index is 7.48. The normalized spacial score (nSPS) is 11.9. The van der Waals surface area contributed by atoms with Gasteiger partial charge in [0.05, 0.1) is 18.5 Å². The molecule has 0 bridgehead atoms. The predicted molar refractivity (Wildman–Crippen MR) is 121 cm³/mol. The lowest BCUT2D eigenvalue weighted by molar-refractivity contribution is 0.563. The number of hydrogen-bond acceptors (Lipinski definition) is 7. The second-order valence-electron chi connectivity index (χ2n) is 8.25. The molecule has 0 atom stereocenters. The Bertz CT molecular complexity index is 1490. The highest BCUT2D eigenvalue weighted by molar-refractivity contribution is 5.72. The highest BCUT2D eigenvalue weighted by Gasteiger charge is 2.27. The molecule has 0 aliphatic rings. The first-order valence-corrected chi connectivity index (χ1v) is 10.1. The molecule has 0 saturated heterocycles. The van der Waals surface area contributed by atoms with Crippen LogP contribution in [0.2, 0.25) is 0 Å². The van der Waals surface area contributed by atoms with Gasteiger partial charge in [-0.25, -0.2) is 14.8 Å². The zero-order valence-electron chi connectivity index (χ0n) is 18.2. The molecule has 11 heteroatoms. The van der Waals surface area contributed by atoms with Crippen molar-refractivity contribution >= 4 is 22.8 Å². The lowest BCUT2D eigenvalue weighted by atomic mass is 9.91. The zero-order chi connectivity index (χ0) is 23.0. The van der Waals surface area contributed by atoms with Crippen molar-refractivity contribution < 1.29 is 0 Å². The standard InChI is InChI=1S/C22H19N11/c1-22(2,3)17-16(20-30-28-18(32(20)31-17)14-9-6-5-7-10-14)27-29-19-15(23-4)13-26-33(19)21-24-11-8-12-25-21/h5-13,30H,1-3H3/b29-27+. The van der Waals surface area contributed by atoms with Crippen LogP contribution in [-0.2, 0) is 5.41 Å². The first kappa shape index (κ1) is 20.2. The average Bonchev–Trinajstić information content (AvgIpc) is 3.52. The van der Waals surface area contributed by atoms with Crippen molar-refractivity contribution in [1.82, 2.24) is 39.6 Å². The number of hydrogen-bond donors (Lipinski definition) is 1. The van der Waals surface area contributed by atoms with Crippen LogP contribution >= 0.6 is 0 Å². The van der Waals surface area contributed by atoms with E-state index in [1.54, 1.807) is 23.0 Å². The van der Waals surface area contributed by atoms with Gasteiger partial charge in [-0.05, 0) is 6.07 Å². The van der Waals surface area contributed by atoms with Gasteiger partial charge in [0, 0.05) is 23.4 Å². The van der Waals surface area contributed by atoms with Crippen molar-refractivity contribution in [1.29, 1.82) is 0 Å². The molecule has 0 radical (unpaired) electrons. The number of nitrogens with zero attached hydrogens (tertiary/aromatic N) is 10. The molecule has 0 aliphatic carbocycles. The minimum absolute atomic E-state index is 0.234. The van der Waals surface area contributed by atoms with Crippen molar-refractivity contribution in [3.05, 3.63) is 72.1 Å². The van der Waals surface area contributed by atoms with Gasteiger partial charge in [0.1, 0.15) is 0 Å². The van der Waals surface area contributed by atoms with E-state index in [2.05, 4.69) is 61.1 Å². The highest BCUT2D eigenvalue weighted by Crippen LogP contribution is 2.37. The molecule has 0 fully saturated rings. The van der Waals surface area contributed by atoms with Gasteiger partial charge in [0.15, 0.2) is 23.0 Å². The summed E-state index contributed by atoms with van der Waals surface area (Å²) in [6.07, 6.45) is 4.61. The fourth-order valence-electron chi connectivity index (χ4n) is 3.34. The van der Waals surface area contributed by atoms with Crippen molar-refractivity contribution in [2.24, 2.45) is 10.2 Å². The molecule has 162 valence electrons. The number of nitrogens with one attached hydrogen (secondary N) is 1. The molecule has 5 aromatic rings. The summed E-state index contributed by atoms with van der Waals surface area (Å²) in [6.45, 7) is 13.6. The fraction of sp³-hybridized carbons (Fsp3) is 0.182. The van der Waals surface area contributed by atoms with Crippen LogP contribution in [-0.4, -0.2) is 39.6 Å². The van der Waals surface area contributed by atoms with Crippen LogP contribution in [0.1, 0.15) is 26.5 Å². The number of H-pyrrole nitrogens is 1. The van der Waals surface area contributed by atoms with Crippen LogP contribution in [0.5, 0.6) is 0 Å². The number of fused-ring (bicyclic) bond motifs is 1. The third kappa shape index (κ3) is 3.53. The summed E-state index contributed by atoms with van der Waals surface area (Å²) in [7, 11) is 0. The number of benzene rings is 1. The number of rotatable bonds is 4. The van der Waals surface area contributed by atoms with Gasteiger partial charge < -0.3 is 0 Å². The molecule has 1 aromatic carbocycles. The monoisotopic (exact) mass is 437 g/mol. The van der Waals surface area contributed by atoms with E-state index in [4.69, 9.17) is 11.7 Å². The van der Waals surface area contributed by atoms with Gasteiger partial charge in [0.25, 0.3) is 11.6 Å². The summed E-state index contributed by atoms with van der Waals surface area (Å²) in [5.41, 5.74) is 2.72. The Morgan fingerprint density at radius 1 is 1.03 bits per heavy atom. The van der Waals surface area contributed by atoms with Crippen LogP contribution in [0.15, 0.2) is 65.2 Å². The van der Waals surface area contributed by atoms with Gasteiger partial charge in [-0.15, -0.1) is 10.2 Å². The van der Waals surface area contributed by atoms with E-state index in [9.17, 15) is 0 Å². The molecule has 0 saturated carbocycles. The van der Waals surface area contributed by atoms with Crippen LogP contribution < -0.4 is 0 Å². The van der Waals surface area contributed by atoms with Gasteiger partial charge >= 0.3 is 0 Å². The first-order valence-electron chi connectivity index (χ1n) is 10.1. The Balaban J connectivity index is 1.67. The SMILES string of the molecule is [C-]#[N+]c1cnn(-c2ncccn2)c1/N=N/c1c(C(C)(C)C)nn2c(-c3ccccc3)n[nH]c12. The quantitative estimate of drug-likeness (QED) is 0.315. The van der Waals surface area contributed by atoms with Crippen molar-refractivity contribution in [2.75, 3.05) is 0 Å². The molecule has 4 heterocycles. The summed E-state index contributed by atoms with van der Waals surface area (Å²) in [5, 5.41) is 25.4. The second-order valence-corrected chi connectivity index (χ2v) is 8.25. The van der Waals surface area contributed by atoms with Gasteiger partial charge in [-0.3, -0.25) is 5.10 Å². The van der Waals surface area contributed by atoms with Gasteiger partial charge in [-0.1, -0.05) is 51.1 Å². The summed E-state index contributed by atoms with van der Waals surface area (Å²) < 4.78 is 3.12. The molecule has 0 aliphatic heterocycles.